The van der Waals surface area contributed by atoms with Crippen LogP contribution in [0.25, 0.3) is 0 Å². The van der Waals surface area contributed by atoms with Gasteiger partial charge in [-0.2, -0.15) is 0 Å². The molecule has 1 unspecified atom stereocenters. The number of rotatable bonds is 3. The van der Waals surface area contributed by atoms with E-state index in [1.54, 1.807) is 0 Å². The van der Waals surface area contributed by atoms with Crippen molar-refractivity contribution in [3.8, 4) is 0 Å². The predicted molar refractivity (Wildman–Crippen MR) is 72.0 cm³/mol. The smallest absolute Gasteiger partial charge is 0.0452 e. The van der Waals surface area contributed by atoms with Crippen LogP contribution in [0.2, 0.25) is 5.02 Å². The van der Waals surface area contributed by atoms with E-state index < -0.39 is 0 Å². The largest absolute Gasteiger partial charge is 0.0840 e. The third-order valence-corrected chi connectivity index (χ3v) is 3.82. The first-order valence-electron chi connectivity index (χ1n) is 5.32. The zero-order valence-electron chi connectivity index (χ0n) is 9.77. The molecule has 0 aromatic heterocycles. The molecule has 0 amide bonds. The van der Waals surface area contributed by atoms with E-state index in [0.717, 1.165) is 11.4 Å². The SMILES string of the molecule is Cc1cc(Cl)c(C(Br)CC(C)C)cc1C. The van der Waals surface area contributed by atoms with Crippen molar-refractivity contribution >= 4 is 27.5 Å². The first-order chi connectivity index (χ1) is 6.91. The van der Waals surface area contributed by atoms with Crippen LogP contribution in [0.1, 0.15) is 41.8 Å². The summed E-state index contributed by atoms with van der Waals surface area (Å²) in [6, 6.07) is 4.25. The van der Waals surface area contributed by atoms with Crippen LogP contribution < -0.4 is 0 Å². The average molecular weight is 290 g/mol. The summed E-state index contributed by atoms with van der Waals surface area (Å²) in [6.45, 7) is 8.67. The molecule has 0 saturated carbocycles. The van der Waals surface area contributed by atoms with Crippen LogP contribution in [-0.4, -0.2) is 0 Å². The lowest BCUT2D eigenvalue weighted by atomic mass is 9.99. The minimum atomic E-state index is 0.365. The molecular weight excluding hydrogens is 272 g/mol. The number of halogens is 2. The summed E-state index contributed by atoms with van der Waals surface area (Å²) < 4.78 is 0. The molecule has 84 valence electrons. The lowest BCUT2D eigenvalue weighted by molar-refractivity contribution is 0.583. The predicted octanol–water partition coefficient (Wildman–Crippen LogP) is 5.44. The zero-order chi connectivity index (χ0) is 11.6. The standard InChI is InChI=1S/C13H18BrCl/c1-8(2)5-12(14)11-6-9(3)10(4)7-13(11)15/h6-8,12H,5H2,1-4H3. The van der Waals surface area contributed by atoms with Crippen LogP contribution in [-0.2, 0) is 0 Å². The Morgan fingerprint density at radius 3 is 2.27 bits per heavy atom. The summed E-state index contributed by atoms with van der Waals surface area (Å²) in [5, 5.41) is 0.876. The molecule has 1 aromatic carbocycles. The molecule has 0 N–H and O–H groups in total. The molecule has 0 fully saturated rings. The first kappa shape index (κ1) is 13.1. The van der Waals surface area contributed by atoms with Crippen molar-refractivity contribution in [2.45, 2.75) is 38.9 Å². The highest BCUT2D eigenvalue weighted by Crippen LogP contribution is 2.35. The molecule has 0 aliphatic heterocycles. The van der Waals surface area contributed by atoms with Crippen LogP contribution in [0.5, 0.6) is 0 Å². The molecule has 0 aliphatic rings. The quantitative estimate of drug-likeness (QED) is 0.650. The fourth-order valence-corrected chi connectivity index (χ4v) is 3.19. The van der Waals surface area contributed by atoms with Gasteiger partial charge in [0.25, 0.3) is 0 Å². The first-order valence-corrected chi connectivity index (χ1v) is 6.62. The van der Waals surface area contributed by atoms with Gasteiger partial charge in [-0.05, 0) is 48.9 Å². The number of alkyl halides is 1. The van der Waals surface area contributed by atoms with Crippen molar-refractivity contribution in [2.24, 2.45) is 5.92 Å². The lowest BCUT2D eigenvalue weighted by Crippen LogP contribution is -1.98. The maximum atomic E-state index is 6.25. The third kappa shape index (κ3) is 3.49. The molecule has 0 spiro atoms. The third-order valence-electron chi connectivity index (χ3n) is 2.63. The summed E-state index contributed by atoms with van der Waals surface area (Å²) in [7, 11) is 0. The van der Waals surface area contributed by atoms with Crippen molar-refractivity contribution in [1.29, 1.82) is 0 Å². The summed E-state index contributed by atoms with van der Waals surface area (Å²) in [6.07, 6.45) is 1.11. The highest BCUT2D eigenvalue weighted by molar-refractivity contribution is 9.09. The molecule has 1 atom stereocenters. The minimum Gasteiger partial charge on any atom is -0.0840 e. The van der Waals surface area contributed by atoms with E-state index in [-0.39, 0.29) is 0 Å². The number of benzene rings is 1. The molecular formula is C13H18BrCl. The van der Waals surface area contributed by atoms with Gasteiger partial charge in [0, 0.05) is 9.85 Å². The van der Waals surface area contributed by atoms with E-state index in [9.17, 15) is 0 Å². The molecule has 15 heavy (non-hydrogen) atoms. The van der Waals surface area contributed by atoms with E-state index in [0.29, 0.717) is 10.7 Å². The van der Waals surface area contributed by atoms with Gasteiger partial charge in [0.05, 0.1) is 0 Å². The van der Waals surface area contributed by atoms with Gasteiger partial charge < -0.3 is 0 Å². The minimum absolute atomic E-state index is 0.365. The summed E-state index contributed by atoms with van der Waals surface area (Å²) in [5.41, 5.74) is 3.78. The molecule has 2 heteroatoms. The Hall–Kier alpha value is -0.0100. The van der Waals surface area contributed by atoms with Crippen LogP contribution in [0.3, 0.4) is 0 Å². The number of hydrogen-bond donors (Lipinski definition) is 0. The zero-order valence-corrected chi connectivity index (χ0v) is 12.1. The summed E-state index contributed by atoms with van der Waals surface area (Å²) >= 11 is 9.96. The van der Waals surface area contributed by atoms with Crippen LogP contribution in [0, 0.1) is 19.8 Å². The Morgan fingerprint density at radius 1 is 1.20 bits per heavy atom. The van der Waals surface area contributed by atoms with Crippen molar-refractivity contribution in [3.05, 3.63) is 33.8 Å². The Kier molecular flexibility index (Phi) is 4.66. The maximum absolute atomic E-state index is 6.25. The van der Waals surface area contributed by atoms with E-state index >= 15 is 0 Å². The second-order valence-electron chi connectivity index (χ2n) is 4.56. The highest BCUT2D eigenvalue weighted by atomic mass is 79.9. The molecule has 0 saturated heterocycles. The van der Waals surface area contributed by atoms with E-state index in [1.807, 2.05) is 0 Å². The van der Waals surface area contributed by atoms with Crippen molar-refractivity contribution < 1.29 is 0 Å². The molecule has 0 radical (unpaired) electrons. The van der Waals surface area contributed by atoms with E-state index in [4.69, 9.17) is 11.6 Å². The van der Waals surface area contributed by atoms with Gasteiger partial charge in [0.1, 0.15) is 0 Å². The van der Waals surface area contributed by atoms with Gasteiger partial charge in [0.2, 0.25) is 0 Å². The van der Waals surface area contributed by atoms with Crippen molar-refractivity contribution in [2.75, 3.05) is 0 Å². The van der Waals surface area contributed by atoms with Gasteiger partial charge in [-0.3, -0.25) is 0 Å². The van der Waals surface area contributed by atoms with Crippen molar-refractivity contribution in [1.82, 2.24) is 0 Å². The van der Waals surface area contributed by atoms with Gasteiger partial charge >= 0.3 is 0 Å². The van der Waals surface area contributed by atoms with Crippen LogP contribution in [0.15, 0.2) is 12.1 Å². The van der Waals surface area contributed by atoms with E-state index in [2.05, 4.69) is 55.8 Å². The van der Waals surface area contributed by atoms with Crippen LogP contribution in [0.4, 0.5) is 0 Å². The molecule has 0 bridgehead atoms. The molecule has 0 nitrogen and oxygen atoms in total. The van der Waals surface area contributed by atoms with Gasteiger partial charge in [0.15, 0.2) is 0 Å². The Bertz CT molecular complexity index is 345. The fraction of sp³-hybridized carbons (Fsp3) is 0.538. The fourth-order valence-electron chi connectivity index (χ4n) is 1.58. The maximum Gasteiger partial charge on any atom is 0.0452 e. The Balaban J connectivity index is 2.98. The van der Waals surface area contributed by atoms with Gasteiger partial charge in [-0.1, -0.05) is 47.4 Å². The monoisotopic (exact) mass is 288 g/mol. The van der Waals surface area contributed by atoms with Crippen LogP contribution >= 0.6 is 27.5 Å². The Labute approximate surface area is 106 Å². The summed E-state index contributed by atoms with van der Waals surface area (Å²) in [4.78, 5) is 0.365. The van der Waals surface area contributed by atoms with E-state index in [1.165, 1.54) is 16.7 Å². The average Bonchev–Trinajstić information content (AvgIpc) is 2.09. The van der Waals surface area contributed by atoms with Gasteiger partial charge in [-0.25, -0.2) is 0 Å². The van der Waals surface area contributed by atoms with Crippen molar-refractivity contribution in [3.63, 3.8) is 0 Å². The lowest BCUT2D eigenvalue weighted by Gasteiger charge is -2.16. The van der Waals surface area contributed by atoms with Gasteiger partial charge in [-0.15, -0.1) is 0 Å². The number of hydrogen-bond acceptors (Lipinski definition) is 0. The normalized spacial score (nSPS) is 13.3. The highest BCUT2D eigenvalue weighted by Gasteiger charge is 2.14. The molecule has 0 aliphatic carbocycles. The number of aryl methyl sites for hydroxylation is 2. The summed E-state index contributed by atoms with van der Waals surface area (Å²) in [5.74, 6) is 0.673. The second kappa shape index (κ2) is 5.36. The molecule has 1 rings (SSSR count). The molecule has 1 aromatic rings. The topological polar surface area (TPSA) is 0 Å². The molecule has 0 heterocycles. The Morgan fingerprint density at radius 2 is 1.73 bits per heavy atom. The second-order valence-corrected chi connectivity index (χ2v) is 6.07.